The van der Waals surface area contributed by atoms with Gasteiger partial charge in [-0.15, -0.1) is 0 Å². The molecule has 2 nitrogen and oxygen atoms in total. The van der Waals surface area contributed by atoms with Gasteiger partial charge in [-0.3, -0.25) is 4.79 Å². The van der Waals surface area contributed by atoms with E-state index in [9.17, 15) is 4.79 Å². The average Bonchev–Trinajstić information content (AvgIpc) is 2.35. The zero-order chi connectivity index (χ0) is 12.8. The molecule has 0 spiro atoms. The van der Waals surface area contributed by atoms with Gasteiger partial charge in [-0.2, -0.15) is 0 Å². The van der Waals surface area contributed by atoms with E-state index >= 15 is 0 Å². The quantitative estimate of drug-likeness (QED) is 0.765. The van der Waals surface area contributed by atoms with Gasteiger partial charge in [0.1, 0.15) is 0 Å². The number of benzene rings is 1. The second-order valence-electron chi connectivity index (χ2n) is 4.49. The van der Waals surface area contributed by atoms with Gasteiger partial charge >= 0.3 is 0 Å². The molecule has 0 aliphatic heterocycles. The van der Waals surface area contributed by atoms with Gasteiger partial charge in [0.15, 0.2) is 0 Å². The molecule has 1 atom stereocenters. The number of carbonyl (C=O) groups is 1. The van der Waals surface area contributed by atoms with Gasteiger partial charge < -0.3 is 4.90 Å². The average molecular weight is 298 g/mol. The maximum atomic E-state index is 11.9. The molecule has 0 bridgehead atoms. The van der Waals surface area contributed by atoms with E-state index in [0.29, 0.717) is 6.42 Å². The Balaban J connectivity index is 2.45. The Morgan fingerprint density at radius 2 is 1.94 bits per heavy atom. The van der Waals surface area contributed by atoms with Gasteiger partial charge in [-0.1, -0.05) is 45.8 Å². The van der Waals surface area contributed by atoms with Gasteiger partial charge in [0.05, 0.1) is 0 Å². The van der Waals surface area contributed by atoms with Crippen molar-refractivity contribution in [3.05, 3.63) is 35.4 Å². The van der Waals surface area contributed by atoms with E-state index in [4.69, 9.17) is 0 Å². The van der Waals surface area contributed by atoms with Crippen molar-refractivity contribution in [2.45, 2.75) is 32.7 Å². The van der Waals surface area contributed by atoms with Gasteiger partial charge in [0.25, 0.3) is 0 Å². The normalized spacial score (nSPS) is 12.2. The lowest BCUT2D eigenvalue weighted by molar-refractivity contribution is -0.131. The van der Waals surface area contributed by atoms with E-state index in [0.717, 1.165) is 11.8 Å². The lowest BCUT2D eigenvalue weighted by Gasteiger charge is -2.23. The molecule has 1 rings (SSSR count). The molecule has 94 valence electrons. The molecule has 0 N–H and O–H groups in total. The van der Waals surface area contributed by atoms with Crippen LogP contribution in [0.5, 0.6) is 0 Å². The predicted octanol–water partition coefficient (Wildman–Crippen LogP) is 3.17. The Morgan fingerprint density at radius 3 is 2.47 bits per heavy atom. The highest BCUT2D eigenvalue weighted by Gasteiger charge is 2.14. The largest absolute Gasteiger partial charge is 0.342 e. The molecule has 1 aromatic rings. The number of hydrogen-bond acceptors (Lipinski definition) is 1. The van der Waals surface area contributed by atoms with Crippen molar-refractivity contribution in [3.63, 3.8) is 0 Å². The van der Waals surface area contributed by atoms with Gasteiger partial charge in [0, 0.05) is 24.8 Å². The Morgan fingerprint density at radius 1 is 1.35 bits per heavy atom. The number of carbonyl (C=O) groups excluding carboxylic acids is 1. The molecule has 1 unspecified atom stereocenters. The standard InChI is InChI=1S/C14H20BrNO/c1-11-4-6-13(7-5-11)8-9-14(17)16(3)12(2)10-15/h4-7,12H,8-10H2,1-3H3. The van der Waals surface area contributed by atoms with Crippen LogP contribution in [-0.4, -0.2) is 29.2 Å². The maximum absolute atomic E-state index is 11.9. The number of alkyl halides is 1. The number of hydrogen-bond donors (Lipinski definition) is 0. The van der Waals surface area contributed by atoms with Crippen LogP contribution in [0.1, 0.15) is 24.5 Å². The van der Waals surface area contributed by atoms with Crippen LogP contribution < -0.4 is 0 Å². The number of halogens is 1. The molecule has 3 heteroatoms. The molecule has 0 aromatic heterocycles. The summed E-state index contributed by atoms with van der Waals surface area (Å²) >= 11 is 3.39. The van der Waals surface area contributed by atoms with Crippen molar-refractivity contribution in [3.8, 4) is 0 Å². The predicted molar refractivity (Wildman–Crippen MR) is 75.5 cm³/mol. The minimum atomic E-state index is 0.206. The highest BCUT2D eigenvalue weighted by molar-refractivity contribution is 9.09. The molecule has 1 aromatic carbocycles. The Hall–Kier alpha value is -0.830. The van der Waals surface area contributed by atoms with Crippen LogP contribution in [0.15, 0.2) is 24.3 Å². The molecule has 1 amide bonds. The van der Waals surface area contributed by atoms with Crippen LogP contribution >= 0.6 is 15.9 Å². The lowest BCUT2D eigenvalue weighted by Crippen LogP contribution is -2.36. The number of nitrogens with zero attached hydrogens (tertiary/aromatic N) is 1. The summed E-state index contributed by atoms with van der Waals surface area (Å²) in [4.78, 5) is 13.7. The number of aryl methyl sites for hydroxylation is 2. The number of amides is 1. The summed E-state index contributed by atoms with van der Waals surface area (Å²) in [6, 6.07) is 8.61. The minimum Gasteiger partial charge on any atom is -0.342 e. The minimum absolute atomic E-state index is 0.206. The molecule has 0 saturated carbocycles. The van der Waals surface area contributed by atoms with Crippen LogP contribution in [0, 0.1) is 6.92 Å². The first-order chi connectivity index (χ1) is 8.04. The fraction of sp³-hybridized carbons (Fsp3) is 0.500. The summed E-state index contributed by atoms with van der Waals surface area (Å²) in [5, 5.41) is 0.819. The van der Waals surface area contributed by atoms with E-state index in [-0.39, 0.29) is 11.9 Å². The maximum Gasteiger partial charge on any atom is 0.222 e. The van der Waals surface area contributed by atoms with E-state index in [1.165, 1.54) is 11.1 Å². The molecule has 0 radical (unpaired) electrons. The van der Waals surface area contributed by atoms with Crippen molar-refractivity contribution in [2.75, 3.05) is 12.4 Å². The van der Waals surface area contributed by atoms with E-state index in [2.05, 4.69) is 47.1 Å². The number of rotatable bonds is 5. The first-order valence-electron chi connectivity index (χ1n) is 5.91. The van der Waals surface area contributed by atoms with E-state index in [1.807, 2.05) is 18.9 Å². The van der Waals surface area contributed by atoms with Crippen molar-refractivity contribution < 1.29 is 4.79 Å². The van der Waals surface area contributed by atoms with Crippen molar-refractivity contribution in [2.24, 2.45) is 0 Å². The topological polar surface area (TPSA) is 20.3 Å². The fourth-order valence-corrected chi connectivity index (χ4v) is 1.97. The second kappa shape index (κ2) is 6.80. The fourth-order valence-electron chi connectivity index (χ4n) is 1.53. The second-order valence-corrected chi connectivity index (χ2v) is 5.14. The van der Waals surface area contributed by atoms with Crippen molar-refractivity contribution in [1.82, 2.24) is 4.90 Å². The third-order valence-corrected chi connectivity index (χ3v) is 3.96. The SMILES string of the molecule is Cc1ccc(CCC(=O)N(C)C(C)CBr)cc1. The molecule has 0 fully saturated rings. The summed E-state index contributed by atoms with van der Waals surface area (Å²) in [6.45, 7) is 4.11. The highest BCUT2D eigenvalue weighted by atomic mass is 79.9. The zero-order valence-electron chi connectivity index (χ0n) is 10.7. The van der Waals surface area contributed by atoms with E-state index < -0.39 is 0 Å². The van der Waals surface area contributed by atoms with Crippen molar-refractivity contribution in [1.29, 1.82) is 0 Å². The van der Waals surface area contributed by atoms with Crippen LogP contribution in [0.2, 0.25) is 0 Å². The Bertz CT molecular complexity index is 361. The van der Waals surface area contributed by atoms with Crippen molar-refractivity contribution >= 4 is 21.8 Å². The molecule has 17 heavy (non-hydrogen) atoms. The lowest BCUT2D eigenvalue weighted by atomic mass is 10.1. The van der Waals surface area contributed by atoms with Gasteiger partial charge in [-0.05, 0) is 25.8 Å². The molecular formula is C14H20BrNO. The third-order valence-electron chi connectivity index (χ3n) is 3.03. The summed E-state index contributed by atoms with van der Waals surface area (Å²) in [6.07, 6.45) is 1.40. The third kappa shape index (κ3) is 4.50. The summed E-state index contributed by atoms with van der Waals surface area (Å²) in [5.41, 5.74) is 2.48. The molecule has 0 saturated heterocycles. The van der Waals surface area contributed by atoms with Crippen LogP contribution in [-0.2, 0) is 11.2 Å². The van der Waals surface area contributed by atoms with Gasteiger partial charge in [-0.25, -0.2) is 0 Å². The monoisotopic (exact) mass is 297 g/mol. The van der Waals surface area contributed by atoms with Gasteiger partial charge in [0.2, 0.25) is 5.91 Å². The van der Waals surface area contributed by atoms with E-state index in [1.54, 1.807) is 0 Å². The highest BCUT2D eigenvalue weighted by Crippen LogP contribution is 2.08. The molecule has 0 aliphatic carbocycles. The first-order valence-corrected chi connectivity index (χ1v) is 7.04. The smallest absolute Gasteiger partial charge is 0.222 e. The van der Waals surface area contributed by atoms with Crippen LogP contribution in [0.3, 0.4) is 0 Å². The molecule has 0 aliphatic rings. The van der Waals surface area contributed by atoms with Crippen LogP contribution in [0.4, 0.5) is 0 Å². The zero-order valence-corrected chi connectivity index (χ0v) is 12.3. The summed E-state index contributed by atoms with van der Waals surface area (Å²) < 4.78 is 0. The summed E-state index contributed by atoms with van der Waals surface area (Å²) in [7, 11) is 1.86. The molecular weight excluding hydrogens is 278 g/mol. The summed E-state index contributed by atoms with van der Waals surface area (Å²) in [5.74, 6) is 0.206. The van der Waals surface area contributed by atoms with Crippen LogP contribution in [0.25, 0.3) is 0 Å². The first kappa shape index (κ1) is 14.2. The Labute approximate surface area is 112 Å². The molecule has 0 heterocycles. The Kier molecular flexibility index (Phi) is 5.69.